The van der Waals surface area contributed by atoms with E-state index in [-0.39, 0.29) is 18.2 Å². The smallest absolute Gasteiger partial charge is 0.305 e. The molecule has 0 bridgehead atoms. The van der Waals surface area contributed by atoms with E-state index in [0.29, 0.717) is 6.54 Å². The molecule has 2 amide bonds. The van der Waals surface area contributed by atoms with Crippen LogP contribution < -0.4 is 10.9 Å². The van der Waals surface area contributed by atoms with Gasteiger partial charge >= 0.3 is 5.91 Å². The molecular weight excluding hydrogens is 358 g/mol. The zero-order valence-corrected chi connectivity index (χ0v) is 16.1. The Labute approximate surface area is 163 Å². The topological polar surface area (TPSA) is 92.4 Å². The number of nitrogens with one attached hydrogen (secondary N) is 2. The van der Waals surface area contributed by atoms with E-state index in [0.717, 1.165) is 22.6 Å². The summed E-state index contributed by atoms with van der Waals surface area (Å²) in [5.74, 6) is -0.696. The van der Waals surface area contributed by atoms with Crippen LogP contribution in [0.4, 0.5) is 0 Å². The fourth-order valence-electron chi connectivity index (χ4n) is 2.93. The highest BCUT2D eigenvalue weighted by molar-refractivity contribution is 5.93. The SMILES string of the molecule is Cc1nn(-c2ccccc2)c(C)c1CN(C)CC(=O)NNC(=O)c1ccco1. The summed E-state index contributed by atoms with van der Waals surface area (Å²) in [5.41, 5.74) is 8.72. The normalized spacial score (nSPS) is 10.9. The van der Waals surface area contributed by atoms with E-state index >= 15 is 0 Å². The number of amides is 2. The van der Waals surface area contributed by atoms with Crippen LogP contribution in [0.5, 0.6) is 0 Å². The summed E-state index contributed by atoms with van der Waals surface area (Å²) in [4.78, 5) is 25.7. The van der Waals surface area contributed by atoms with Crippen LogP contribution in [0.3, 0.4) is 0 Å². The minimum Gasteiger partial charge on any atom is -0.459 e. The van der Waals surface area contributed by atoms with Crippen molar-refractivity contribution in [1.29, 1.82) is 0 Å². The minimum absolute atomic E-state index is 0.119. The number of aryl methyl sites for hydroxylation is 1. The van der Waals surface area contributed by atoms with E-state index < -0.39 is 5.91 Å². The molecule has 0 spiro atoms. The molecular formula is C20H23N5O3. The molecule has 3 aromatic rings. The quantitative estimate of drug-likeness (QED) is 0.637. The van der Waals surface area contributed by atoms with E-state index in [2.05, 4.69) is 16.0 Å². The van der Waals surface area contributed by atoms with Gasteiger partial charge in [0.1, 0.15) is 0 Å². The van der Waals surface area contributed by atoms with Crippen molar-refractivity contribution in [3.05, 3.63) is 71.4 Å². The molecule has 1 aromatic carbocycles. The summed E-state index contributed by atoms with van der Waals surface area (Å²) < 4.78 is 6.87. The van der Waals surface area contributed by atoms with Gasteiger partial charge < -0.3 is 4.42 Å². The Morgan fingerprint density at radius 3 is 2.54 bits per heavy atom. The standard InChI is InChI=1S/C20H23N5O3/c1-14-17(15(2)25(23-14)16-8-5-4-6-9-16)12-24(3)13-19(26)21-22-20(27)18-10-7-11-28-18/h4-11H,12-13H2,1-3H3,(H,21,26)(H,22,27). The van der Waals surface area contributed by atoms with Crippen LogP contribution in [0.1, 0.15) is 27.5 Å². The molecule has 146 valence electrons. The maximum absolute atomic E-state index is 12.1. The number of benzene rings is 1. The molecule has 28 heavy (non-hydrogen) atoms. The Balaban J connectivity index is 1.57. The maximum Gasteiger partial charge on any atom is 0.305 e. The van der Waals surface area contributed by atoms with E-state index in [1.54, 1.807) is 6.07 Å². The van der Waals surface area contributed by atoms with Gasteiger partial charge in [0.2, 0.25) is 0 Å². The predicted molar refractivity (Wildman–Crippen MR) is 104 cm³/mol. The van der Waals surface area contributed by atoms with Crippen molar-refractivity contribution in [1.82, 2.24) is 25.5 Å². The van der Waals surface area contributed by atoms with Gasteiger partial charge in [0.25, 0.3) is 5.91 Å². The highest BCUT2D eigenvalue weighted by atomic mass is 16.3. The summed E-state index contributed by atoms with van der Waals surface area (Å²) in [6.45, 7) is 4.65. The summed E-state index contributed by atoms with van der Waals surface area (Å²) in [7, 11) is 1.84. The minimum atomic E-state index is -0.503. The third-order valence-corrected chi connectivity index (χ3v) is 4.34. The van der Waals surface area contributed by atoms with Crippen LogP contribution in [0.2, 0.25) is 0 Å². The lowest BCUT2D eigenvalue weighted by atomic mass is 10.2. The lowest BCUT2D eigenvalue weighted by Gasteiger charge is -2.17. The molecule has 2 N–H and O–H groups in total. The first-order valence-electron chi connectivity index (χ1n) is 8.87. The molecule has 0 aliphatic carbocycles. The van der Waals surface area contributed by atoms with Crippen molar-refractivity contribution >= 4 is 11.8 Å². The first-order chi connectivity index (χ1) is 13.5. The van der Waals surface area contributed by atoms with Gasteiger partial charge in [0.05, 0.1) is 24.2 Å². The molecule has 0 aliphatic rings. The highest BCUT2D eigenvalue weighted by Crippen LogP contribution is 2.19. The lowest BCUT2D eigenvalue weighted by Crippen LogP contribution is -2.45. The number of nitrogens with zero attached hydrogens (tertiary/aromatic N) is 3. The second kappa shape index (κ2) is 8.53. The number of aromatic nitrogens is 2. The van der Waals surface area contributed by atoms with Crippen molar-refractivity contribution in [2.75, 3.05) is 13.6 Å². The van der Waals surface area contributed by atoms with Gasteiger partial charge in [0, 0.05) is 17.8 Å². The molecule has 0 saturated heterocycles. The Morgan fingerprint density at radius 2 is 1.86 bits per heavy atom. The largest absolute Gasteiger partial charge is 0.459 e. The summed E-state index contributed by atoms with van der Waals surface area (Å²) >= 11 is 0. The van der Waals surface area contributed by atoms with Crippen molar-refractivity contribution in [2.24, 2.45) is 0 Å². The summed E-state index contributed by atoms with van der Waals surface area (Å²) in [6, 6.07) is 13.0. The lowest BCUT2D eigenvalue weighted by molar-refractivity contribution is -0.122. The molecule has 0 radical (unpaired) electrons. The zero-order chi connectivity index (χ0) is 20.1. The van der Waals surface area contributed by atoms with E-state index in [1.165, 1.54) is 12.3 Å². The summed E-state index contributed by atoms with van der Waals surface area (Å²) in [6.07, 6.45) is 1.39. The monoisotopic (exact) mass is 381 g/mol. The van der Waals surface area contributed by atoms with Gasteiger partial charge in [-0.25, -0.2) is 4.68 Å². The fraction of sp³-hybridized carbons (Fsp3) is 0.250. The number of likely N-dealkylation sites (N-methyl/N-ethyl adjacent to an activating group) is 1. The van der Waals surface area contributed by atoms with Crippen LogP contribution in [0.15, 0.2) is 53.1 Å². The molecule has 0 unspecified atom stereocenters. The summed E-state index contributed by atoms with van der Waals surface area (Å²) in [5, 5.41) is 4.62. The number of carbonyl (C=O) groups excluding carboxylic acids is 2. The van der Waals surface area contributed by atoms with Gasteiger partial charge in [-0.1, -0.05) is 18.2 Å². The predicted octanol–water partition coefficient (Wildman–Crippen LogP) is 1.98. The number of para-hydroxylation sites is 1. The Morgan fingerprint density at radius 1 is 1.11 bits per heavy atom. The molecule has 8 heteroatoms. The molecule has 0 aliphatic heterocycles. The van der Waals surface area contributed by atoms with Crippen molar-refractivity contribution in [2.45, 2.75) is 20.4 Å². The zero-order valence-electron chi connectivity index (χ0n) is 16.1. The number of furan rings is 1. The van der Waals surface area contributed by atoms with Crippen molar-refractivity contribution in [3.8, 4) is 5.69 Å². The Kier molecular flexibility index (Phi) is 5.90. The molecule has 2 aromatic heterocycles. The molecule has 0 atom stereocenters. The fourth-order valence-corrected chi connectivity index (χ4v) is 2.93. The van der Waals surface area contributed by atoms with Crippen LogP contribution in [-0.2, 0) is 11.3 Å². The van der Waals surface area contributed by atoms with Gasteiger partial charge in [0.15, 0.2) is 5.76 Å². The van der Waals surface area contributed by atoms with Crippen LogP contribution in [0, 0.1) is 13.8 Å². The first kappa shape index (κ1) is 19.4. The molecule has 8 nitrogen and oxygen atoms in total. The van der Waals surface area contributed by atoms with Gasteiger partial charge in [-0.05, 0) is 45.2 Å². The third kappa shape index (κ3) is 4.47. The van der Waals surface area contributed by atoms with Gasteiger partial charge in [-0.15, -0.1) is 0 Å². The third-order valence-electron chi connectivity index (χ3n) is 4.34. The Hall–Kier alpha value is -3.39. The number of hydrogen-bond acceptors (Lipinski definition) is 5. The molecule has 3 rings (SSSR count). The van der Waals surface area contributed by atoms with Gasteiger partial charge in [-0.2, -0.15) is 5.10 Å². The molecule has 2 heterocycles. The van der Waals surface area contributed by atoms with Crippen molar-refractivity contribution in [3.63, 3.8) is 0 Å². The van der Waals surface area contributed by atoms with Crippen LogP contribution in [-0.4, -0.2) is 40.1 Å². The number of hydrazine groups is 1. The molecule has 0 fully saturated rings. The second-order valence-electron chi connectivity index (χ2n) is 6.55. The second-order valence-corrected chi connectivity index (χ2v) is 6.55. The van der Waals surface area contributed by atoms with Crippen molar-refractivity contribution < 1.29 is 14.0 Å². The van der Waals surface area contributed by atoms with Crippen LogP contribution in [0.25, 0.3) is 5.69 Å². The highest BCUT2D eigenvalue weighted by Gasteiger charge is 2.16. The number of rotatable bonds is 6. The van der Waals surface area contributed by atoms with Crippen LogP contribution >= 0.6 is 0 Å². The van der Waals surface area contributed by atoms with E-state index in [9.17, 15) is 9.59 Å². The Bertz CT molecular complexity index is 948. The van der Waals surface area contributed by atoms with Gasteiger partial charge in [-0.3, -0.25) is 25.3 Å². The van der Waals surface area contributed by atoms with E-state index in [4.69, 9.17) is 4.42 Å². The average Bonchev–Trinajstić information content (AvgIpc) is 3.31. The molecule has 0 saturated carbocycles. The average molecular weight is 381 g/mol. The maximum atomic E-state index is 12.1. The number of carbonyl (C=O) groups is 2. The first-order valence-corrected chi connectivity index (χ1v) is 8.87. The van der Waals surface area contributed by atoms with E-state index in [1.807, 2.05) is 60.8 Å². The number of hydrogen-bond donors (Lipinski definition) is 2.